The van der Waals surface area contributed by atoms with E-state index in [0.717, 1.165) is 24.8 Å². The van der Waals surface area contributed by atoms with Crippen molar-refractivity contribution < 1.29 is 13.2 Å². The van der Waals surface area contributed by atoms with E-state index in [1.807, 2.05) is 0 Å². The van der Waals surface area contributed by atoms with Crippen molar-refractivity contribution in [3.05, 3.63) is 41.5 Å². The van der Waals surface area contributed by atoms with Crippen LogP contribution < -0.4 is 0 Å². The standard InChI is InChI=1S/C15H17F3/c16-15(17,18)14-10-8-13(9-11-14)12-6-4-2-1-3-5-7-12/h6,8-11H,1-5,7H2/b12-6+. The first-order chi connectivity index (χ1) is 8.57. The zero-order valence-electron chi connectivity index (χ0n) is 10.3. The zero-order valence-corrected chi connectivity index (χ0v) is 10.3. The third-order valence-electron chi connectivity index (χ3n) is 3.37. The lowest BCUT2D eigenvalue weighted by Gasteiger charge is -2.13. The number of hydrogen-bond acceptors (Lipinski definition) is 0. The van der Waals surface area contributed by atoms with E-state index in [-0.39, 0.29) is 0 Å². The molecule has 0 atom stereocenters. The lowest BCUT2D eigenvalue weighted by Crippen LogP contribution is -2.04. The van der Waals surface area contributed by atoms with Crippen molar-refractivity contribution in [1.29, 1.82) is 0 Å². The van der Waals surface area contributed by atoms with Crippen LogP contribution in [0, 0.1) is 0 Å². The minimum absolute atomic E-state index is 0.572. The molecule has 0 N–H and O–H groups in total. The van der Waals surface area contributed by atoms with Crippen LogP contribution >= 0.6 is 0 Å². The van der Waals surface area contributed by atoms with Crippen LogP contribution in [0.1, 0.15) is 49.7 Å². The predicted molar refractivity (Wildman–Crippen MR) is 67.1 cm³/mol. The maximum atomic E-state index is 12.5. The molecule has 1 aliphatic carbocycles. The van der Waals surface area contributed by atoms with Gasteiger partial charge >= 0.3 is 6.18 Å². The Hall–Kier alpha value is -1.25. The van der Waals surface area contributed by atoms with Gasteiger partial charge in [-0.3, -0.25) is 0 Å². The Labute approximate surface area is 106 Å². The Morgan fingerprint density at radius 2 is 1.50 bits per heavy atom. The minimum atomic E-state index is -4.24. The number of alkyl halides is 3. The highest BCUT2D eigenvalue weighted by Crippen LogP contribution is 2.31. The van der Waals surface area contributed by atoms with Gasteiger partial charge in [0, 0.05) is 0 Å². The molecule has 0 aliphatic heterocycles. The molecular formula is C15H17F3. The number of halogens is 3. The molecule has 0 unspecified atom stereocenters. The van der Waals surface area contributed by atoms with Crippen LogP contribution in [0.25, 0.3) is 5.57 Å². The first kappa shape index (κ1) is 13.2. The first-order valence-electron chi connectivity index (χ1n) is 6.44. The van der Waals surface area contributed by atoms with Gasteiger partial charge in [-0.1, -0.05) is 31.1 Å². The maximum absolute atomic E-state index is 12.5. The molecule has 1 aliphatic rings. The van der Waals surface area contributed by atoms with E-state index in [4.69, 9.17) is 0 Å². The van der Waals surface area contributed by atoms with Crippen molar-refractivity contribution in [2.75, 3.05) is 0 Å². The molecule has 1 aromatic carbocycles. The molecule has 0 saturated carbocycles. The number of hydrogen-bond donors (Lipinski definition) is 0. The third kappa shape index (κ3) is 3.37. The fourth-order valence-corrected chi connectivity index (χ4v) is 2.33. The summed E-state index contributed by atoms with van der Waals surface area (Å²) in [6.45, 7) is 0. The lowest BCUT2D eigenvalue weighted by atomic mass is 9.94. The van der Waals surface area contributed by atoms with Gasteiger partial charge in [0.2, 0.25) is 0 Å². The van der Waals surface area contributed by atoms with Crippen LogP contribution in [0.2, 0.25) is 0 Å². The Morgan fingerprint density at radius 3 is 2.17 bits per heavy atom. The first-order valence-corrected chi connectivity index (χ1v) is 6.44. The maximum Gasteiger partial charge on any atom is 0.416 e. The molecule has 18 heavy (non-hydrogen) atoms. The fourth-order valence-electron chi connectivity index (χ4n) is 2.33. The SMILES string of the molecule is FC(F)(F)c1ccc(/C2=C/CCCCCC2)cc1. The molecule has 0 bridgehead atoms. The minimum Gasteiger partial charge on any atom is -0.166 e. The van der Waals surface area contributed by atoms with Crippen LogP contribution in [-0.2, 0) is 6.18 Å². The molecule has 1 aromatic rings. The second-order valence-corrected chi connectivity index (χ2v) is 4.76. The third-order valence-corrected chi connectivity index (χ3v) is 3.37. The number of benzene rings is 1. The van der Waals surface area contributed by atoms with Crippen molar-refractivity contribution in [2.24, 2.45) is 0 Å². The summed E-state index contributed by atoms with van der Waals surface area (Å²) in [6, 6.07) is 5.54. The van der Waals surface area contributed by atoms with Crippen molar-refractivity contribution >= 4 is 5.57 Å². The van der Waals surface area contributed by atoms with E-state index < -0.39 is 11.7 Å². The topological polar surface area (TPSA) is 0 Å². The van der Waals surface area contributed by atoms with Crippen LogP contribution in [0.5, 0.6) is 0 Å². The van der Waals surface area contributed by atoms with Crippen molar-refractivity contribution in [2.45, 2.75) is 44.7 Å². The van der Waals surface area contributed by atoms with Gasteiger partial charge in [-0.25, -0.2) is 0 Å². The number of allylic oxidation sites excluding steroid dienone is 2. The van der Waals surface area contributed by atoms with Gasteiger partial charge in [-0.15, -0.1) is 0 Å². The largest absolute Gasteiger partial charge is 0.416 e. The van der Waals surface area contributed by atoms with Gasteiger partial charge in [-0.05, 0) is 49.0 Å². The van der Waals surface area contributed by atoms with Gasteiger partial charge in [-0.2, -0.15) is 13.2 Å². The zero-order chi connectivity index (χ0) is 13.0. The summed E-state index contributed by atoms with van der Waals surface area (Å²) in [5.41, 5.74) is 1.56. The summed E-state index contributed by atoms with van der Waals surface area (Å²) < 4.78 is 37.4. The quantitative estimate of drug-likeness (QED) is 0.625. The Balaban J connectivity index is 2.17. The highest BCUT2D eigenvalue weighted by molar-refractivity contribution is 5.65. The highest BCUT2D eigenvalue weighted by Gasteiger charge is 2.29. The van der Waals surface area contributed by atoms with Crippen LogP contribution in [0.4, 0.5) is 13.2 Å². The van der Waals surface area contributed by atoms with Crippen molar-refractivity contribution in [3.63, 3.8) is 0 Å². The van der Waals surface area contributed by atoms with Gasteiger partial charge in [0.15, 0.2) is 0 Å². The molecule has 0 radical (unpaired) electrons. The van der Waals surface area contributed by atoms with E-state index in [9.17, 15) is 13.2 Å². The molecule has 0 spiro atoms. The summed E-state index contributed by atoms with van der Waals surface area (Å²) in [7, 11) is 0. The van der Waals surface area contributed by atoms with Crippen molar-refractivity contribution in [3.8, 4) is 0 Å². The van der Waals surface area contributed by atoms with E-state index in [1.165, 1.54) is 37.0 Å². The molecule has 2 rings (SSSR count). The second kappa shape index (κ2) is 5.59. The van der Waals surface area contributed by atoms with E-state index in [2.05, 4.69) is 6.08 Å². The summed E-state index contributed by atoms with van der Waals surface area (Å²) in [6.07, 6.45) is 4.75. The average Bonchev–Trinajstić information content (AvgIpc) is 2.27. The van der Waals surface area contributed by atoms with Crippen LogP contribution in [0.3, 0.4) is 0 Å². The highest BCUT2D eigenvalue weighted by atomic mass is 19.4. The Kier molecular flexibility index (Phi) is 4.10. The fraction of sp³-hybridized carbons (Fsp3) is 0.467. The predicted octanol–water partition coefficient (Wildman–Crippen LogP) is 5.44. The lowest BCUT2D eigenvalue weighted by molar-refractivity contribution is -0.137. The van der Waals surface area contributed by atoms with E-state index in [0.29, 0.717) is 0 Å². The van der Waals surface area contributed by atoms with Gasteiger partial charge in [0.05, 0.1) is 5.56 Å². The molecule has 0 amide bonds. The number of rotatable bonds is 1. The molecule has 0 nitrogen and oxygen atoms in total. The molecule has 0 fully saturated rings. The summed E-state index contributed by atoms with van der Waals surface area (Å²) in [5, 5.41) is 0. The normalized spacial score (nSPS) is 20.7. The average molecular weight is 254 g/mol. The van der Waals surface area contributed by atoms with Crippen LogP contribution in [0.15, 0.2) is 30.3 Å². The molecule has 0 aromatic heterocycles. The van der Waals surface area contributed by atoms with Crippen molar-refractivity contribution in [1.82, 2.24) is 0 Å². The Bertz CT molecular complexity index is 412. The van der Waals surface area contributed by atoms with Gasteiger partial charge in [0.1, 0.15) is 0 Å². The molecule has 3 heteroatoms. The molecule has 98 valence electrons. The molecular weight excluding hydrogens is 237 g/mol. The smallest absolute Gasteiger partial charge is 0.166 e. The van der Waals surface area contributed by atoms with Crippen LogP contribution in [-0.4, -0.2) is 0 Å². The summed E-state index contributed by atoms with van der Waals surface area (Å²) in [4.78, 5) is 0. The summed E-state index contributed by atoms with van der Waals surface area (Å²) >= 11 is 0. The van der Waals surface area contributed by atoms with E-state index >= 15 is 0 Å². The van der Waals surface area contributed by atoms with E-state index in [1.54, 1.807) is 12.1 Å². The molecule has 0 saturated heterocycles. The second-order valence-electron chi connectivity index (χ2n) is 4.76. The Morgan fingerprint density at radius 1 is 0.833 bits per heavy atom. The van der Waals surface area contributed by atoms with Gasteiger partial charge in [0.25, 0.3) is 0 Å². The summed E-state index contributed by atoms with van der Waals surface area (Å²) in [5.74, 6) is 0. The monoisotopic (exact) mass is 254 g/mol. The van der Waals surface area contributed by atoms with Gasteiger partial charge < -0.3 is 0 Å². The molecule has 0 heterocycles.